The Morgan fingerprint density at radius 1 is 0.870 bits per heavy atom. The number of methoxy groups -OCH3 is 1. The van der Waals surface area contributed by atoms with Gasteiger partial charge in [-0.1, -0.05) is 58.9 Å². The van der Waals surface area contributed by atoms with Crippen LogP contribution in [0.3, 0.4) is 0 Å². The molecule has 4 amide bonds. The lowest BCUT2D eigenvalue weighted by molar-refractivity contribution is -0.160. The van der Waals surface area contributed by atoms with Gasteiger partial charge in [0.2, 0.25) is 17.7 Å². The summed E-state index contributed by atoms with van der Waals surface area (Å²) < 4.78 is 11.4. The maximum Gasteiger partial charge on any atom is 0.329 e. The molecule has 6 atom stereocenters. The molecule has 3 N–H and O–H groups in total. The lowest BCUT2D eigenvalue weighted by atomic mass is 9.81. The van der Waals surface area contributed by atoms with Crippen LogP contribution in [0.2, 0.25) is 0 Å². The minimum Gasteiger partial charge on any atom is -0.497 e. The zero-order chi connectivity index (χ0) is 39.2. The second-order valence-corrected chi connectivity index (χ2v) is 16.5. The average Bonchev–Trinajstić information content (AvgIpc) is 3.66. The van der Waals surface area contributed by atoms with Gasteiger partial charge >= 0.3 is 5.97 Å². The third kappa shape index (κ3) is 10.2. The molecule has 5 heterocycles. The van der Waals surface area contributed by atoms with Gasteiger partial charge in [0.05, 0.1) is 19.1 Å². The number of amides is 4. The molecule has 12 nitrogen and oxygen atoms in total. The molecule has 2 aromatic carbocycles. The van der Waals surface area contributed by atoms with Gasteiger partial charge < -0.3 is 35.0 Å². The van der Waals surface area contributed by atoms with Crippen molar-refractivity contribution < 1.29 is 38.6 Å². The van der Waals surface area contributed by atoms with Crippen LogP contribution in [0, 0.1) is 23.2 Å². The Hall–Kier alpha value is -4.45. The normalized spacial score (nSPS) is 28.4. The Bertz CT molecular complexity index is 1630. The van der Waals surface area contributed by atoms with Crippen molar-refractivity contribution in [2.75, 3.05) is 26.7 Å². The van der Waals surface area contributed by atoms with Crippen molar-refractivity contribution in [3.05, 3.63) is 65.2 Å². The lowest BCUT2D eigenvalue weighted by Crippen LogP contribution is -2.51. The van der Waals surface area contributed by atoms with Gasteiger partial charge in [-0.25, -0.2) is 4.79 Å². The number of rotatable bonds is 3. The number of hydrogen-bond donors (Lipinski definition) is 3. The molecule has 2 aromatic rings. The van der Waals surface area contributed by atoms with Crippen LogP contribution >= 0.6 is 0 Å². The molecule has 5 aliphatic heterocycles. The van der Waals surface area contributed by atoms with Gasteiger partial charge in [-0.3, -0.25) is 19.2 Å². The number of nitrogens with one attached hydrogen (secondary N) is 2. The first-order valence-electron chi connectivity index (χ1n) is 19.4. The van der Waals surface area contributed by atoms with Crippen LogP contribution in [0.25, 0.3) is 0 Å². The second-order valence-electron chi connectivity index (χ2n) is 16.5. The van der Waals surface area contributed by atoms with Gasteiger partial charge in [-0.05, 0) is 85.3 Å². The second kappa shape index (κ2) is 17.8. The number of hydrogen-bond acceptors (Lipinski definition) is 8. The van der Waals surface area contributed by atoms with E-state index in [2.05, 4.69) is 10.6 Å². The molecular formula is C42H58N4O8. The molecule has 54 heavy (non-hydrogen) atoms. The topological polar surface area (TPSA) is 155 Å². The van der Waals surface area contributed by atoms with Gasteiger partial charge in [0, 0.05) is 44.1 Å². The summed E-state index contributed by atoms with van der Waals surface area (Å²) in [5.74, 6) is -1.87. The fraction of sp³-hybridized carbons (Fsp3) is 0.595. The summed E-state index contributed by atoms with van der Waals surface area (Å²) in [7, 11) is 1.58. The Balaban J connectivity index is 1.38. The van der Waals surface area contributed by atoms with Gasteiger partial charge in [0.25, 0.3) is 5.91 Å². The first-order valence-corrected chi connectivity index (χ1v) is 19.4. The summed E-state index contributed by atoms with van der Waals surface area (Å²) in [5, 5.41) is 17.2. The molecule has 1 unspecified atom stereocenters. The first kappa shape index (κ1) is 40.7. The number of fused-ring (bicyclic) bond motifs is 2. The van der Waals surface area contributed by atoms with Gasteiger partial charge in [0.15, 0.2) is 0 Å². The van der Waals surface area contributed by atoms with Crippen LogP contribution in [0.15, 0.2) is 48.5 Å². The summed E-state index contributed by atoms with van der Waals surface area (Å²) in [6.45, 7) is 11.1. The summed E-state index contributed by atoms with van der Waals surface area (Å²) in [4.78, 5) is 71.5. The predicted molar refractivity (Wildman–Crippen MR) is 203 cm³/mol. The van der Waals surface area contributed by atoms with Crippen molar-refractivity contribution >= 4 is 29.6 Å². The molecule has 0 saturated carbocycles. The van der Waals surface area contributed by atoms with E-state index in [0.717, 1.165) is 11.1 Å². The van der Waals surface area contributed by atoms with Crippen molar-refractivity contribution in [1.29, 1.82) is 0 Å². The van der Waals surface area contributed by atoms with E-state index in [9.17, 15) is 29.1 Å². The van der Waals surface area contributed by atoms with Crippen LogP contribution in [-0.4, -0.2) is 95.5 Å². The Morgan fingerprint density at radius 3 is 2.17 bits per heavy atom. The molecule has 0 spiro atoms. The van der Waals surface area contributed by atoms with Crippen LogP contribution in [0.1, 0.15) is 94.6 Å². The van der Waals surface area contributed by atoms with Crippen molar-refractivity contribution in [3.63, 3.8) is 0 Å². The summed E-state index contributed by atoms with van der Waals surface area (Å²) in [6, 6.07) is 12.7. The van der Waals surface area contributed by atoms with Crippen LogP contribution in [0.5, 0.6) is 5.75 Å². The molecule has 4 bridgehead atoms. The molecule has 2 saturated heterocycles. The van der Waals surface area contributed by atoms with E-state index in [1.807, 2.05) is 52.0 Å². The third-order valence-corrected chi connectivity index (χ3v) is 11.3. The number of nitrogens with zero attached hydrogens (tertiary/aromatic N) is 2. The van der Waals surface area contributed by atoms with Crippen molar-refractivity contribution in [3.8, 4) is 5.75 Å². The number of ether oxygens (including phenoxy) is 2. The number of piperidine rings is 1. The summed E-state index contributed by atoms with van der Waals surface area (Å²) in [6.07, 6.45) is 1.78. The largest absolute Gasteiger partial charge is 0.497 e. The standard InChI is InChI=1S/C42H58N4O8/c1-26-22-35(47)27(2)39(50)45-20-17-30(18-21-45)37(48)44-33(24-28-11-15-32(53-6)16-12-28)38(49)43-25-29-9-13-31(14-10-29)40(51)46-19-7-8-34(46)41(52)54-36(23-26)42(3,4)5/h9-16,26-27,30,33-36,47H,7-8,17-25H2,1-6H3,(H,43,49)(H,44,48)/t26-,27+,33?,34-,35-,36-/m0/s1. The maximum absolute atomic E-state index is 13.7. The average molecular weight is 747 g/mol. The highest BCUT2D eigenvalue weighted by atomic mass is 16.5. The predicted octanol–water partition coefficient (Wildman–Crippen LogP) is 4.27. The lowest BCUT2D eigenvalue weighted by Gasteiger charge is -2.36. The SMILES string of the molecule is COc1ccc(CC2NC(=O)C3CCN(CC3)C(=O)[C@H](C)[C@@H](O)C[C@H](C)C[C@@H](C(C)(C)C)OC(=O)[C@@H]3CCCN3C(=O)c3ccc(cc3)CNC2=O)cc1. The van der Waals surface area contributed by atoms with Crippen LogP contribution in [-0.2, 0) is 36.9 Å². The molecule has 7 rings (SSSR count). The minimum atomic E-state index is -0.907. The van der Waals surface area contributed by atoms with E-state index in [1.165, 1.54) is 0 Å². The fourth-order valence-electron chi connectivity index (χ4n) is 7.68. The Kier molecular flexibility index (Phi) is 13.4. The van der Waals surface area contributed by atoms with Gasteiger partial charge in [0.1, 0.15) is 23.9 Å². The minimum absolute atomic E-state index is 0.0665. The molecule has 0 aliphatic carbocycles. The fourth-order valence-corrected chi connectivity index (χ4v) is 7.68. The van der Waals surface area contributed by atoms with Crippen LogP contribution < -0.4 is 15.4 Å². The number of benzene rings is 2. The highest BCUT2D eigenvalue weighted by Gasteiger charge is 2.40. The quantitative estimate of drug-likeness (QED) is 0.394. The van der Waals surface area contributed by atoms with Crippen molar-refractivity contribution in [2.45, 2.75) is 110 Å². The first-order chi connectivity index (χ1) is 25.6. The zero-order valence-electron chi connectivity index (χ0n) is 32.6. The molecule has 2 fully saturated rings. The number of esters is 1. The van der Waals surface area contributed by atoms with E-state index in [1.54, 1.807) is 48.1 Å². The monoisotopic (exact) mass is 746 g/mol. The molecule has 0 radical (unpaired) electrons. The van der Waals surface area contributed by atoms with Crippen LogP contribution in [0.4, 0.5) is 0 Å². The highest BCUT2D eigenvalue weighted by molar-refractivity contribution is 5.97. The van der Waals surface area contributed by atoms with Crippen molar-refractivity contribution in [2.24, 2.45) is 23.2 Å². The molecule has 0 aromatic heterocycles. The van der Waals surface area contributed by atoms with E-state index in [4.69, 9.17) is 9.47 Å². The number of aliphatic hydroxyl groups is 1. The Morgan fingerprint density at radius 2 is 1.54 bits per heavy atom. The molecule has 5 aliphatic rings. The number of carbonyl (C=O) groups is 5. The third-order valence-electron chi connectivity index (χ3n) is 11.3. The summed E-state index contributed by atoms with van der Waals surface area (Å²) in [5.41, 5.74) is 1.65. The van der Waals surface area contributed by atoms with E-state index in [-0.39, 0.29) is 48.4 Å². The zero-order valence-corrected chi connectivity index (χ0v) is 32.6. The maximum atomic E-state index is 13.7. The van der Waals surface area contributed by atoms with E-state index in [0.29, 0.717) is 69.5 Å². The van der Waals surface area contributed by atoms with Gasteiger partial charge in [-0.15, -0.1) is 0 Å². The molecule has 294 valence electrons. The molecular weight excluding hydrogens is 688 g/mol. The summed E-state index contributed by atoms with van der Waals surface area (Å²) >= 11 is 0. The Labute approximate surface area is 319 Å². The smallest absolute Gasteiger partial charge is 0.329 e. The molecule has 12 heteroatoms. The number of carbonyl (C=O) groups excluding carboxylic acids is 5. The van der Waals surface area contributed by atoms with E-state index < -0.39 is 41.6 Å². The highest BCUT2D eigenvalue weighted by Crippen LogP contribution is 2.32. The van der Waals surface area contributed by atoms with E-state index >= 15 is 0 Å². The van der Waals surface area contributed by atoms with Crippen molar-refractivity contribution in [1.82, 2.24) is 20.4 Å². The number of aliphatic hydroxyl groups excluding tert-OH is 1. The van der Waals surface area contributed by atoms with Gasteiger partial charge in [-0.2, -0.15) is 0 Å².